The third-order valence-corrected chi connectivity index (χ3v) is 5.58. The van der Waals surface area contributed by atoms with Crippen LogP contribution in [-0.4, -0.2) is 45.9 Å². The highest BCUT2D eigenvalue weighted by molar-refractivity contribution is 14.1. The Hall–Kier alpha value is -2.43. The standard InChI is InChI=1S/C20H23IN4O4/c1-11(2)17(18-22-10-15(23-18)12-4-6-13(21)7-5-12)25-19(27)14(24-20(25)28)8-9-16(26)29-3/h4-7,10-11,14,17H,8-9H2,1-3H3,(H,22,23)(H,24,28)/t14?,17-/m0/s1. The molecule has 1 fully saturated rings. The Morgan fingerprint density at radius 3 is 2.59 bits per heavy atom. The maximum absolute atomic E-state index is 12.9. The molecular weight excluding hydrogens is 487 g/mol. The Bertz CT molecular complexity index is 909. The number of benzene rings is 1. The van der Waals surface area contributed by atoms with Crippen LogP contribution in [0, 0.1) is 9.49 Å². The Morgan fingerprint density at radius 2 is 1.97 bits per heavy atom. The van der Waals surface area contributed by atoms with E-state index < -0.39 is 24.1 Å². The van der Waals surface area contributed by atoms with Crippen LogP contribution in [0.2, 0.25) is 0 Å². The van der Waals surface area contributed by atoms with Crippen molar-refractivity contribution in [1.29, 1.82) is 0 Å². The second-order valence-corrected chi connectivity index (χ2v) is 8.45. The zero-order chi connectivity index (χ0) is 21.1. The van der Waals surface area contributed by atoms with Gasteiger partial charge < -0.3 is 15.0 Å². The topological polar surface area (TPSA) is 104 Å². The van der Waals surface area contributed by atoms with Crippen LogP contribution in [0.15, 0.2) is 30.5 Å². The van der Waals surface area contributed by atoms with Crippen molar-refractivity contribution in [1.82, 2.24) is 20.2 Å². The number of nitrogens with zero attached hydrogens (tertiary/aromatic N) is 2. The SMILES string of the molecule is COC(=O)CCC1NC(=O)N([C@H](c2ncc(-c3ccc(I)cc3)[nH]2)C(C)C)C1=O. The van der Waals surface area contributed by atoms with Crippen LogP contribution in [0.5, 0.6) is 0 Å². The quantitative estimate of drug-likeness (QED) is 0.338. The van der Waals surface area contributed by atoms with Gasteiger partial charge in [-0.05, 0) is 52.6 Å². The predicted octanol–water partition coefficient (Wildman–Crippen LogP) is 3.25. The molecule has 1 aromatic heterocycles. The summed E-state index contributed by atoms with van der Waals surface area (Å²) >= 11 is 2.24. The van der Waals surface area contributed by atoms with Gasteiger partial charge in [-0.1, -0.05) is 26.0 Å². The first-order valence-corrected chi connectivity index (χ1v) is 10.4. The fourth-order valence-corrected chi connectivity index (χ4v) is 3.73. The minimum atomic E-state index is -0.742. The number of H-pyrrole nitrogens is 1. The van der Waals surface area contributed by atoms with Crippen LogP contribution in [0.4, 0.5) is 4.79 Å². The van der Waals surface area contributed by atoms with Gasteiger partial charge in [0, 0.05) is 9.99 Å². The van der Waals surface area contributed by atoms with E-state index in [4.69, 9.17) is 0 Å². The summed E-state index contributed by atoms with van der Waals surface area (Å²) in [6.45, 7) is 3.86. The number of hydrogen-bond donors (Lipinski definition) is 2. The number of carbonyl (C=O) groups is 3. The van der Waals surface area contributed by atoms with Crippen LogP contribution in [0.3, 0.4) is 0 Å². The van der Waals surface area contributed by atoms with Crippen molar-refractivity contribution in [2.45, 2.75) is 38.8 Å². The van der Waals surface area contributed by atoms with E-state index in [0.29, 0.717) is 5.82 Å². The maximum atomic E-state index is 12.9. The van der Waals surface area contributed by atoms with E-state index in [1.54, 1.807) is 6.20 Å². The van der Waals surface area contributed by atoms with Crippen molar-refractivity contribution in [3.05, 3.63) is 39.9 Å². The molecule has 0 aliphatic carbocycles. The number of amides is 3. The number of ether oxygens (including phenoxy) is 1. The minimum Gasteiger partial charge on any atom is -0.469 e. The Labute approximate surface area is 182 Å². The summed E-state index contributed by atoms with van der Waals surface area (Å²) in [6.07, 6.45) is 1.97. The molecule has 0 bridgehead atoms. The first kappa shape index (κ1) is 21.3. The van der Waals surface area contributed by atoms with Crippen molar-refractivity contribution >= 4 is 40.5 Å². The molecule has 9 heteroatoms. The zero-order valence-electron chi connectivity index (χ0n) is 16.4. The highest BCUT2D eigenvalue weighted by atomic mass is 127. The van der Waals surface area contributed by atoms with E-state index in [-0.39, 0.29) is 24.7 Å². The number of hydrogen-bond acceptors (Lipinski definition) is 5. The van der Waals surface area contributed by atoms with Crippen LogP contribution in [0.1, 0.15) is 38.6 Å². The fraction of sp³-hybridized carbons (Fsp3) is 0.400. The Kier molecular flexibility index (Phi) is 6.56. The lowest BCUT2D eigenvalue weighted by Crippen LogP contribution is -2.38. The average molecular weight is 510 g/mol. The highest BCUT2D eigenvalue weighted by Gasteiger charge is 2.44. The van der Waals surface area contributed by atoms with E-state index in [1.165, 1.54) is 12.0 Å². The van der Waals surface area contributed by atoms with E-state index in [2.05, 4.69) is 42.6 Å². The van der Waals surface area contributed by atoms with Gasteiger partial charge in [0.2, 0.25) is 0 Å². The van der Waals surface area contributed by atoms with Crippen molar-refractivity contribution in [3.8, 4) is 11.3 Å². The summed E-state index contributed by atoms with van der Waals surface area (Å²) in [7, 11) is 1.29. The lowest BCUT2D eigenvalue weighted by molar-refractivity contribution is -0.141. The van der Waals surface area contributed by atoms with E-state index >= 15 is 0 Å². The molecule has 1 saturated heterocycles. The normalized spacial score (nSPS) is 17.6. The van der Waals surface area contributed by atoms with E-state index in [0.717, 1.165) is 14.8 Å². The second kappa shape index (κ2) is 8.93. The minimum absolute atomic E-state index is 0.0558. The first-order valence-electron chi connectivity index (χ1n) is 9.33. The number of aromatic nitrogens is 2. The number of rotatable bonds is 7. The molecule has 1 aromatic carbocycles. The van der Waals surface area contributed by atoms with Gasteiger partial charge in [0.15, 0.2) is 0 Å². The highest BCUT2D eigenvalue weighted by Crippen LogP contribution is 2.32. The predicted molar refractivity (Wildman–Crippen MR) is 115 cm³/mol. The number of nitrogens with one attached hydrogen (secondary N) is 2. The summed E-state index contributed by atoms with van der Waals surface area (Å²) in [5, 5.41) is 2.67. The van der Waals surface area contributed by atoms with Crippen LogP contribution >= 0.6 is 22.6 Å². The molecule has 2 atom stereocenters. The summed E-state index contributed by atoms with van der Waals surface area (Å²) in [5.41, 5.74) is 1.79. The van der Waals surface area contributed by atoms with Crippen molar-refractivity contribution in [2.75, 3.05) is 7.11 Å². The number of esters is 1. The fourth-order valence-electron chi connectivity index (χ4n) is 3.37. The lowest BCUT2D eigenvalue weighted by atomic mass is 10.0. The monoisotopic (exact) mass is 510 g/mol. The Morgan fingerprint density at radius 1 is 1.28 bits per heavy atom. The van der Waals surface area contributed by atoms with Crippen LogP contribution in [-0.2, 0) is 14.3 Å². The summed E-state index contributed by atoms with van der Waals surface area (Å²) in [5.74, 6) is -0.283. The van der Waals surface area contributed by atoms with Gasteiger partial charge in [-0.25, -0.2) is 9.78 Å². The maximum Gasteiger partial charge on any atom is 0.325 e. The van der Waals surface area contributed by atoms with Crippen LogP contribution < -0.4 is 5.32 Å². The summed E-state index contributed by atoms with van der Waals surface area (Å²) in [4.78, 5) is 45.8. The molecule has 29 heavy (non-hydrogen) atoms. The summed E-state index contributed by atoms with van der Waals surface area (Å²) < 4.78 is 5.74. The molecule has 0 radical (unpaired) electrons. The molecule has 2 N–H and O–H groups in total. The third-order valence-electron chi connectivity index (χ3n) is 4.86. The summed E-state index contributed by atoms with van der Waals surface area (Å²) in [6, 6.07) is 6.21. The number of imide groups is 1. The molecule has 1 aliphatic rings. The van der Waals surface area contributed by atoms with Crippen LogP contribution in [0.25, 0.3) is 11.3 Å². The van der Waals surface area contributed by atoms with Gasteiger partial charge in [-0.3, -0.25) is 14.5 Å². The number of urea groups is 1. The molecule has 1 unspecified atom stereocenters. The van der Waals surface area contributed by atoms with E-state index in [9.17, 15) is 14.4 Å². The molecule has 2 heterocycles. The number of methoxy groups -OCH3 is 1. The van der Waals surface area contributed by atoms with Crippen molar-refractivity contribution in [2.24, 2.45) is 5.92 Å². The van der Waals surface area contributed by atoms with Gasteiger partial charge in [-0.2, -0.15) is 0 Å². The first-order chi connectivity index (χ1) is 13.8. The van der Waals surface area contributed by atoms with Crippen molar-refractivity contribution in [3.63, 3.8) is 0 Å². The van der Waals surface area contributed by atoms with Gasteiger partial charge in [-0.15, -0.1) is 0 Å². The number of imidazole rings is 1. The van der Waals surface area contributed by atoms with Gasteiger partial charge in [0.1, 0.15) is 17.9 Å². The molecule has 0 spiro atoms. The van der Waals surface area contributed by atoms with Gasteiger partial charge in [0.25, 0.3) is 5.91 Å². The Balaban J connectivity index is 1.83. The second-order valence-electron chi connectivity index (χ2n) is 7.20. The lowest BCUT2D eigenvalue weighted by Gasteiger charge is -2.27. The molecule has 154 valence electrons. The molecule has 2 aromatic rings. The number of halogens is 1. The van der Waals surface area contributed by atoms with Gasteiger partial charge in [0.05, 0.1) is 19.0 Å². The van der Waals surface area contributed by atoms with E-state index in [1.807, 2.05) is 38.1 Å². The average Bonchev–Trinajstić information content (AvgIpc) is 3.27. The molecule has 0 saturated carbocycles. The number of aromatic amines is 1. The largest absolute Gasteiger partial charge is 0.469 e. The zero-order valence-corrected chi connectivity index (χ0v) is 18.6. The number of carbonyl (C=O) groups excluding carboxylic acids is 3. The molecule has 3 rings (SSSR count). The smallest absolute Gasteiger partial charge is 0.325 e. The van der Waals surface area contributed by atoms with Crippen molar-refractivity contribution < 1.29 is 19.1 Å². The molecule has 1 aliphatic heterocycles. The molecular formula is C20H23IN4O4. The van der Waals surface area contributed by atoms with Gasteiger partial charge >= 0.3 is 12.0 Å². The molecule has 3 amide bonds. The molecule has 8 nitrogen and oxygen atoms in total. The third kappa shape index (κ3) is 4.60.